The zero-order valence-corrected chi connectivity index (χ0v) is 16.8. The molecule has 7 nitrogen and oxygen atoms in total. The zero-order valence-electron chi connectivity index (χ0n) is 16.8. The van der Waals surface area contributed by atoms with Crippen LogP contribution in [-0.2, 0) is 11.3 Å². The van der Waals surface area contributed by atoms with Gasteiger partial charge < -0.3 is 5.32 Å². The molecule has 0 aliphatic carbocycles. The van der Waals surface area contributed by atoms with Crippen molar-refractivity contribution in [3.8, 4) is 5.69 Å². The van der Waals surface area contributed by atoms with E-state index in [1.54, 1.807) is 13.1 Å². The van der Waals surface area contributed by atoms with Crippen LogP contribution in [0.3, 0.4) is 0 Å². The minimum Gasteiger partial charge on any atom is -0.324 e. The molecule has 2 heterocycles. The van der Waals surface area contributed by atoms with Gasteiger partial charge in [0.25, 0.3) is 5.56 Å². The summed E-state index contributed by atoms with van der Waals surface area (Å²) in [5.74, 6) is -0.738. The first-order valence-electron chi connectivity index (χ1n) is 9.42. The van der Waals surface area contributed by atoms with E-state index in [2.05, 4.69) is 15.5 Å². The zero-order chi connectivity index (χ0) is 21.4. The number of anilines is 1. The summed E-state index contributed by atoms with van der Waals surface area (Å²) in [4.78, 5) is 25.7. The molecule has 0 radical (unpaired) electrons. The molecule has 8 heteroatoms. The van der Waals surface area contributed by atoms with E-state index in [4.69, 9.17) is 0 Å². The fourth-order valence-corrected chi connectivity index (χ4v) is 3.32. The van der Waals surface area contributed by atoms with Crippen molar-refractivity contribution in [2.75, 3.05) is 5.32 Å². The number of rotatable bonds is 4. The molecule has 0 atom stereocenters. The topological polar surface area (TPSA) is 81.8 Å². The van der Waals surface area contributed by atoms with Gasteiger partial charge in [0.2, 0.25) is 5.91 Å². The summed E-state index contributed by atoms with van der Waals surface area (Å²) in [6, 6.07) is 11.3. The quantitative estimate of drug-likeness (QED) is 0.565. The molecular formula is C22H20FN5O2. The lowest BCUT2D eigenvalue weighted by molar-refractivity contribution is -0.117. The molecule has 1 amide bonds. The summed E-state index contributed by atoms with van der Waals surface area (Å²) in [7, 11) is 0. The Balaban J connectivity index is 1.71. The van der Waals surface area contributed by atoms with Gasteiger partial charge in [-0.3, -0.25) is 9.59 Å². The molecule has 0 aliphatic rings. The minimum atomic E-state index is -0.450. The van der Waals surface area contributed by atoms with Crippen LogP contribution in [0.5, 0.6) is 0 Å². The molecule has 0 saturated heterocycles. The number of nitrogens with zero attached hydrogens (tertiary/aromatic N) is 4. The van der Waals surface area contributed by atoms with Gasteiger partial charge in [-0.1, -0.05) is 12.1 Å². The van der Waals surface area contributed by atoms with Crippen LogP contribution >= 0.6 is 0 Å². The number of aryl methyl sites for hydroxylation is 2. The van der Waals surface area contributed by atoms with Crippen LogP contribution in [0, 0.1) is 26.6 Å². The molecule has 152 valence electrons. The van der Waals surface area contributed by atoms with E-state index in [-0.39, 0.29) is 23.8 Å². The third kappa shape index (κ3) is 3.47. The second-order valence-corrected chi connectivity index (χ2v) is 7.14. The van der Waals surface area contributed by atoms with Gasteiger partial charge in [0.15, 0.2) is 0 Å². The minimum absolute atomic E-state index is 0.238. The van der Waals surface area contributed by atoms with Crippen LogP contribution in [0.25, 0.3) is 16.6 Å². The van der Waals surface area contributed by atoms with Crippen LogP contribution < -0.4 is 10.9 Å². The van der Waals surface area contributed by atoms with E-state index < -0.39 is 5.56 Å². The largest absolute Gasteiger partial charge is 0.324 e. The normalized spacial score (nSPS) is 11.1. The van der Waals surface area contributed by atoms with E-state index in [1.807, 2.05) is 32.0 Å². The monoisotopic (exact) mass is 405 g/mol. The number of aromatic nitrogens is 4. The lowest BCUT2D eigenvalue weighted by atomic mass is 10.1. The first-order valence-corrected chi connectivity index (χ1v) is 9.42. The molecule has 30 heavy (non-hydrogen) atoms. The summed E-state index contributed by atoms with van der Waals surface area (Å²) in [6.45, 7) is 5.40. The van der Waals surface area contributed by atoms with E-state index in [9.17, 15) is 14.0 Å². The molecule has 2 aromatic carbocycles. The molecule has 0 spiro atoms. The highest BCUT2D eigenvalue weighted by molar-refractivity contribution is 5.91. The first-order chi connectivity index (χ1) is 14.3. The fourth-order valence-electron chi connectivity index (χ4n) is 3.32. The van der Waals surface area contributed by atoms with Crippen LogP contribution in [0.4, 0.5) is 10.1 Å². The lowest BCUT2D eigenvalue weighted by Crippen LogP contribution is -2.31. The second-order valence-electron chi connectivity index (χ2n) is 7.14. The Bertz CT molecular complexity index is 1320. The van der Waals surface area contributed by atoms with Gasteiger partial charge in [0.05, 0.1) is 17.6 Å². The van der Waals surface area contributed by atoms with E-state index >= 15 is 0 Å². The highest BCUT2D eigenvalue weighted by Crippen LogP contribution is 2.19. The Kier molecular flexibility index (Phi) is 4.91. The number of hydrogen-bond acceptors (Lipinski definition) is 4. The predicted molar refractivity (Wildman–Crippen MR) is 112 cm³/mol. The summed E-state index contributed by atoms with van der Waals surface area (Å²) in [5.41, 5.74) is 3.66. The average Bonchev–Trinajstić information content (AvgIpc) is 3.16. The van der Waals surface area contributed by atoms with Gasteiger partial charge in [-0.25, -0.2) is 13.8 Å². The Labute approximate surface area is 171 Å². The average molecular weight is 405 g/mol. The van der Waals surface area contributed by atoms with Crippen LogP contribution in [0.1, 0.15) is 16.8 Å². The fraction of sp³-hybridized carbons (Fsp3) is 0.182. The van der Waals surface area contributed by atoms with Gasteiger partial charge >= 0.3 is 0 Å². The van der Waals surface area contributed by atoms with Crippen molar-refractivity contribution in [3.05, 3.63) is 81.7 Å². The number of carbonyl (C=O) groups excluding carboxylic acids is 1. The van der Waals surface area contributed by atoms with E-state index in [0.717, 1.165) is 15.8 Å². The van der Waals surface area contributed by atoms with Gasteiger partial charge in [-0.05, 0) is 62.2 Å². The maximum atomic E-state index is 13.3. The first kappa shape index (κ1) is 19.5. The Hall–Kier alpha value is -3.81. The number of benzene rings is 2. The molecule has 4 aromatic rings. The molecule has 0 saturated carbocycles. The summed E-state index contributed by atoms with van der Waals surface area (Å²) >= 11 is 0. The maximum Gasteiger partial charge on any atom is 0.293 e. The summed E-state index contributed by atoms with van der Waals surface area (Å²) in [5, 5.41) is 12.0. The van der Waals surface area contributed by atoms with Crippen molar-refractivity contribution in [2.24, 2.45) is 0 Å². The molecule has 2 aromatic heterocycles. The maximum absolute atomic E-state index is 13.3. The molecule has 0 unspecified atom stereocenters. The summed E-state index contributed by atoms with van der Waals surface area (Å²) < 4.78 is 15.8. The van der Waals surface area contributed by atoms with E-state index in [0.29, 0.717) is 22.5 Å². The highest BCUT2D eigenvalue weighted by atomic mass is 19.1. The number of carbonyl (C=O) groups is 1. The van der Waals surface area contributed by atoms with Crippen molar-refractivity contribution in [1.29, 1.82) is 0 Å². The Morgan fingerprint density at radius 3 is 2.57 bits per heavy atom. The molecule has 1 N–H and O–H groups in total. The van der Waals surface area contributed by atoms with Crippen LogP contribution in [-0.4, -0.2) is 25.5 Å². The molecule has 4 rings (SSSR count). The third-order valence-corrected chi connectivity index (χ3v) is 5.11. The smallest absolute Gasteiger partial charge is 0.293 e. The predicted octanol–water partition coefficient (Wildman–Crippen LogP) is 3.29. The van der Waals surface area contributed by atoms with Gasteiger partial charge in [0.1, 0.15) is 17.9 Å². The number of amides is 1. The number of nitrogens with one attached hydrogen (secondary N) is 1. The van der Waals surface area contributed by atoms with Crippen LogP contribution in [0.2, 0.25) is 0 Å². The third-order valence-electron chi connectivity index (χ3n) is 5.11. The van der Waals surface area contributed by atoms with Crippen molar-refractivity contribution in [2.45, 2.75) is 27.3 Å². The standard InChI is InChI=1S/C22H20FN5O2/c1-13-5-4-6-19(14(13)2)25-20(29)12-27-22(30)21-18(15(3)26-27)11-24-28(21)17-9-7-16(23)8-10-17/h4-11H,12H2,1-3H3,(H,25,29). The molecule has 0 aliphatic heterocycles. The number of fused-ring (bicyclic) bond motifs is 1. The number of halogens is 1. The van der Waals surface area contributed by atoms with Crippen molar-refractivity contribution >= 4 is 22.5 Å². The molecular weight excluding hydrogens is 385 g/mol. The number of hydrogen-bond donors (Lipinski definition) is 1. The van der Waals surface area contributed by atoms with Gasteiger partial charge in [-0.15, -0.1) is 0 Å². The van der Waals surface area contributed by atoms with Gasteiger partial charge in [-0.2, -0.15) is 10.2 Å². The highest BCUT2D eigenvalue weighted by Gasteiger charge is 2.17. The van der Waals surface area contributed by atoms with Crippen molar-refractivity contribution in [1.82, 2.24) is 19.6 Å². The van der Waals surface area contributed by atoms with Crippen molar-refractivity contribution < 1.29 is 9.18 Å². The van der Waals surface area contributed by atoms with E-state index in [1.165, 1.54) is 28.9 Å². The Morgan fingerprint density at radius 2 is 1.83 bits per heavy atom. The Morgan fingerprint density at radius 1 is 1.10 bits per heavy atom. The van der Waals surface area contributed by atoms with Gasteiger partial charge in [0, 0.05) is 11.1 Å². The van der Waals surface area contributed by atoms with Crippen LogP contribution in [0.15, 0.2) is 53.5 Å². The summed E-state index contributed by atoms with van der Waals surface area (Å²) in [6.07, 6.45) is 1.54. The molecule has 0 bridgehead atoms. The SMILES string of the molecule is Cc1cccc(NC(=O)Cn2nc(C)c3cnn(-c4ccc(F)cc4)c3c2=O)c1C. The van der Waals surface area contributed by atoms with Crippen molar-refractivity contribution in [3.63, 3.8) is 0 Å². The molecule has 0 fully saturated rings. The second kappa shape index (κ2) is 7.55. The lowest BCUT2D eigenvalue weighted by Gasteiger charge is -2.12.